The van der Waals surface area contributed by atoms with E-state index in [0.29, 0.717) is 58.5 Å². The fourth-order valence-electron chi connectivity index (χ4n) is 4.80. The van der Waals surface area contributed by atoms with E-state index in [4.69, 9.17) is 32.7 Å². The number of carbonyl (C=O) groups excluding carboxylic acids is 1. The maximum absolute atomic E-state index is 12.7. The Bertz CT molecular complexity index is 1740. The van der Waals surface area contributed by atoms with Crippen LogP contribution in [0.2, 0.25) is 10.0 Å². The Balaban J connectivity index is 1.49. The summed E-state index contributed by atoms with van der Waals surface area (Å²) in [4.78, 5) is 43.8. The first-order valence-electron chi connectivity index (χ1n) is 13.1. The van der Waals surface area contributed by atoms with Crippen molar-refractivity contribution in [3.05, 3.63) is 85.0 Å². The molecule has 1 saturated heterocycles. The summed E-state index contributed by atoms with van der Waals surface area (Å²) >= 11 is 13.2. The minimum absolute atomic E-state index is 0.0642. The van der Waals surface area contributed by atoms with Crippen LogP contribution in [0.4, 0.5) is 4.79 Å². The molecule has 0 saturated carbocycles. The van der Waals surface area contributed by atoms with Gasteiger partial charge in [-0.1, -0.05) is 23.2 Å². The van der Waals surface area contributed by atoms with E-state index in [1.807, 2.05) is 26.8 Å². The highest BCUT2D eigenvalue weighted by molar-refractivity contribution is 6.35. The molecule has 1 amide bonds. The number of benzene rings is 1. The van der Waals surface area contributed by atoms with E-state index in [0.717, 1.165) is 10.1 Å². The van der Waals surface area contributed by atoms with Gasteiger partial charge in [0.1, 0.15) is 11.9 Å². The standard InChI is InChI=1S/C28H30Cl2N6O5/c1-28(2,3)41-27(39)34-7-8-40-19(15-34)12-20-21(10-18(29)11-22(20)30)25-23-9-17(14-36(23)32-16-31-25)13-35-24(37)5-6-33(4)26(35)38/h5-6,9-11,14,16,19H,7-8,12-13,15H2,1-4H3. The highest BCUT2D eigenvalue weighted by Crippen LogP contribution is 2.35. The van der Waals surface area contributed by atoms with E-state index in [2.05, 4.69) is 10.1 Å². The smallest absolute Gasteiger partial charge is 0.410 e. The van der Waals surface area contributed by atoms with Crippen LogP contribution in [0, 0.1) is 0 Å². The van der Waals surface area contributed by atoms with Crippen molar-refractivity contribution in [2.24, 2.45) is 7.05 Å². The third-order valence-electron chi connectivity index (χ3n) is 6.68. The molecule has 0 aliphatic carbocycles. The van der Waals surface area contributed by atoms with Gasteiger partial charge >= 0.3 is 11.8 Å². The van der Waals surface area contributed by atoms with E-state index in [1.165, 1.54) is 23.2 Å². The monoisotopic (exact) mass is 600 g/mol. The number of carbonyl (C=O) groups is 1. The normalized spacial score (nSPS) is 15.9. The molecule has 216 valence electrons. The van der Waals surface area contributed by atoms with Gasteiger partial charge in [0.2, 0.25) is 0 Å². The third kappa shape index (κ3) is 6.32. The maximum Gasteiger partial charge on any atom is 0.410 e. The Hall–Kier alpha value is -3.67. The van der Waals surface area contributed by atoms with Gasteiger partial charge in [-0.3, -0.25) is 9.36 Å². The molecule has 41 heavy (non-hydrogen) atoms. The summed E-state index contributed by atoms with van der Waals surface area (Å²) in [6.45, 7) is 6.68. The van der Waals surface area contributed by atoms with Gasteiger partial charge in [-0.2, -0.15) is 5.10 Å². The Morgan fingerprint density at radius 2 is 1.98 bits per heavy atom. The molecule has 4 heterocycles. The predicted octanol–water partition coefficient (Wildman–Crippen LogP) is 3.79. The second-order valence-electron chi connectivity index (χ2n) is 11.0. The van der Waals surface area contributed by atoms with Gasteiger partial charge in [0.15, 0.2) is 0 Å². The topological polar surface area (TPSA) is 113 Å². The highest BCUT2D eigenvalue weighted by Gasteiger charge is 2.30. The van der Waals surface area contributed by atoms with Crippen molar-refractivity contribution >= 4 is 34.8 Å². The Morgan fingerprint density at radius 3 is 2.73 bits per heavy atom. The maximum atomic E-state index is 12.7. The fraction of sp³-hybridized carbons (Fsp3) is 0.393. The van der Waals surface area contributed by atoms with E-state index in [-0.39, 0.29) is 18.7 Å². The SMILES string of the molecule is Cn1ccc(=O)n(Cc2cc3c(-c4cc(Cl)cc(Cl)c4CC4CN(C(=O)OC(C)(C)C)CCO4)ncnn3c2)c1=O. The number of amides is 1. The number of hydrogen-bond acceptors (Lipinski definition) is 7. The predicted molar refractivity (Wildman–Crippen MR) is 155 cm³/mol. The molecular formula is C28H30Cl2N6O5. The van der Waals surface area contributed by atoms with Crippen molar-refractivity contribution in [2.75, 3.05) is 19.7 Å². The summed E-state index contributed by atoms with van der Waals surface area (Å²) in [7, 11) is 1.59. The molecule has 1 fully saturated rings. The van der Waals surface area contributed by atoms with Crippen LogP contribution in [0.3, 0.4) is 0 Å². The van der Waals surface area contributed by atoms with Gasteiger partial charge in [0, 0.05) is 54.1 Å². The molecule has 3 aromatic heterocycles. The second kappa shape index (κ2) is 11.3. The van der Waals surface area contributed by atoms with Crippen LogP contribution in [0.15, 0.2) is 52.6 Å². The Kier molecular flexibility index (Phi) is 7.95. The highest BCUT2D eigenvalue weighted by atomic mass is 35.5. The number of rotatable bonds is 5. The van der Waals surface area contributed by atoms with Crippen LogP contribution in [-0.4, -0.2) is 66.1 Å². The van der Waals surface area contributed by atoms with Gasteiger partial charge in [0.25, 0.3) is 5.56 Å². The average molecular weight is 601 g/mol. The van der Waals surface area contributed by atoms with Crippen molar-refractivity contribution < 1.29 is 14.3 Å². The lowest BCUT2D eigenvalue weighted by Gasteiger charge is -2.34. The second-order valence-corrected chi connectivity index (χ2v) is 11.8. The van der Waals surface area contributed by atoms with Crippen LogP contribution in [0.1, 0.15) is 31.9 Å². The molecular weight excluding hydrogens is 571 g/mol. The van der Waals surface area contributed by atoms with Gasteiger partial charge in [-0.25, -0.2) is 19.1 Å². The molecule has 11 nitrogen and oxygen atoms in total. The molecule has 1 aromatic carbocycles. The minimum atomic E-state index is -0.604. The number of ether oxygens (including phenoxy) is 2. The molecule has 4 aromatic rings. The van der Waals surface area contributed by atoms with E-state index in [9.17, 15) is 14.4 Å². The molecule has 1 unspecified atom stereocenters. The van der Waals surface area contributed by atoms with E-state index in [1.54, 1.807) is 34.8 Å². The summed E-state index contributed by atoms with van der Waals surface area (Å²) in [6.07, 6.45) is 4.26. The zero-order chi connectivity index (χ0) is 29.5. The molecule has 1 aliphatic heterocycles. The van der Waals surface area contributed by atoms with Gasteiger partial charge in [-0.05, 0) is 50.1 Å². The summed E-state index contributed by atoms with van der Waals surface area (Å²) in [6, 6.07) is 6.62. The zero-order valence-electron chi connectivity index (χ0n) is 23.1. The van der Waals surface area contributed by atoms with Crippen LogP contribution < -0.4 is 11.2 Å². The first-order chi connectivity index (χ1) is 19.4. The third-order valence-corrected chi connectivity index (χ3v) is 7.24. The average Bonchev–Trinajstić information content (AvgIpc) is 3.32. The minimum Gasteiger partial charge on any atom is -0.444 e. The molecule has 13 heteroatoms. The number of aryl methyl sites for hydroxylation is 1. The van der Waals surface area contributed by atoms with E-state index < -0.39 is 16.9 Å². The molecule has 0 radical (unpaired) electrons. The van der Waals surface area contributed by atoms with Gasteiger partial charge < -0.3 is 18.9 Å². The van der Waals surface area contributed by atoms with Crippen molar-refractivity contribution in [2.45, 2.75) is 45.4 Å². The van der Waals surface area contributed by atoms with Crippen molar-refractivity contribution in [1.29, 1.82) is 0 Å². The first kappa shape index (κ1) is 28.8. The summed E-state index contributed by atoms with van der Waals surface area (Å²) in [5, 5.41) is 5.19. The van der Waals surface area contributed by atoms with Crippen molar-refractivity contribution in [3.63, 3.8) is 0 Å². The Morgan fingerprint density at radius 1 is 1.20 bits per heavy atom. The molecule has 0 spiro atoms. The van der Waals surface area contributed by atoms with Gasteiger partial charge in [-0.15, -0.1) is 0 Å². The molecule has 0 N–H and O–H groups in total. The summed E-state index contributed by atoms with van der Waals surface area (Å²) < 4.78 is 15.7. The quantitative estimate of drug-likeness (QED) is 0.342. The Labute approximate surface area is 245 Å². The van der Waals surface area contributed by atoms with Crippen LogP contribution >= 0.6 is 23.2 Å². The van der Waals surface area contributed by atoms with Crippen molar-refractivity contribution in [3.8, 4) is 11.3 Å². The molecule has 5 rings (SSSR count). The zero-order valence-corrected chi connectivity index (χ0v) is 24.6. The van der Waals surface area contributed by atoms with Gasteiger partial charge in [0.05, 0.1) is 37.0 Å². The lowest BCUT2D eigenvalue weighted by Crippen LogP contribution is -2.48. The van der Waals surface area contributed by atoms with E-state index >= 15 is 0 Å². The van der Waals surface area contributed by atoms with Crippen LogP contribution in [0.25, 0.3) is 16.8 Å². The number of hydrogen-bond donors (Lipinski definition) is 0. The van der Waals surface area contributed by atoms with Crippen molar-refractivity contribution in [1.82, 2.24) is 28.6 Å². The number of halogens is 2. The molecule has 0 bridgehead atoms. The molecule has 1 atom stereocenters. The summed E-state index contributed by atoms with van der Waals surface area (Å²) in [5.41, 5.74) is 1.92. The lowest BCUT2D eigenvalue weighted by molar-refractivity contribution is -0.0414. The number of fused-ring (bicyclic) bond motifs is 1. The number of morpholine rings is 1. The fourth-order valence-corrected chi connectivity index (χ4v) is 5.38. The largest absolute Gasteiger partial charge is 0.444 e. The van der Waals surface area contributed by atoms with Crippen LogP contribution in [0.5, 0.6) is 0 Å². The molecule has 1 aliphatic rings. The number of nitrogens with zero attached hydrogens (tertiary/aromatic N) is 6. The lowest BCUT2D eigenvalue weighted by atomic mass is 9.97. The first-order valence-corrected chi connectivity index (χ1v) is 13.8. The number of aromatic nitrogens is 5. The summed E-state index contributed by atoms with van der Waals surface area (Å²) in [5.74, 6) is 0. The van der Waals surface area contributed by atoms with Crippen LogP contribution in [-0.2, 0) is 29.5 Å².